The average Bonchev–Trinajstić information content (AvgIpc) is 2.78. The minimum atomic E-state index is -0.107. The Balaban J connectivity index is 2.21. The van der Waals surface area contributed by atoms with Crippen LogP contribution in [0, 0.1) is 0 Å². The standard InChI is InChI=1S/C11H15N3O3S/c15-4-1-13(2-5-16)8-9-7-10(17)14-3-6-18-11(14)12-9/h3,6-7,15-16H,1-2,4-5,8H2. The van der Waals surface area contributed by atoms with Crippen LogP contribution in [0.3, 0.4) is 0 Å². The first-order valence-electron chi connectivity index (χ1n) is 5.64. The van der Waals surface area contributed by atoms with Gasteiger partial charge in [0.05, 0.1) is 18.9 Å². The number of nitrogens with zero attached hydrogens (tertiary/aromatic N) is 3. The average molecular weight is 269 g/mol. The summed E-state index contributed by atoms with van der Waals surface area (Å²) in [4.78, 5) is 18.7. The molecule has 0 bridgehead atoms. The van der Waals surface area contributed by atoms with Crippen LogP contribution in [0.15, 0.2) is 22.4 Å². The number of rotatable bonds is 6. The monoisotopic (exact) mass is 269 g/mol. The molecular weight excluding hydrogens is 254 g/mol. The Morgan fingerprint density at radius 3 is 2.72 bits per heavy atom. The summed E-state index contributed by atoms with van der Waals surface area (Å²) in [6.07, 6.45) is 1.69. The second-order valence-corrected chi connectivity index (χ2v) is 4.74. The van der Waals surface area contributed by atoms with Crippen LogP contribution in [0.1, 0.15) is 5.69 Å². The molecule has 0 aliphatic rings. The summed E-state index contributed by atoms with van der Waals surface area (Å²) in [5, 5.41) is 19.7. The number of hydrogen-bond donors (Lipinski definition) is 2. The molecule has 98 valence electrons. The van der Waals surface area contributed by atoms with Crippen LogP contribution < -0.4 is 5.56 Å². The van der Waals surface area contributed by atoms with Crippen LogP contribution >= 0.6 is 11.3 Å². The summed E-state index contributed by atoms with van der Waals surface area (Å²) in [7, 11) is 0. The summed E-state index contributed by atoms with van der Waals surface area (Å²) >= 11 is 1.40. The highest BCUT2D eigenvalue weighted by atomic mass is 32.1. The molecule has 2 aromatic rings. The molecule has 0 atom stereocenters. The predicted octanol–water partition coefficient (Wildman–Crippen LogP) is -0.457. The normalized spacial score (nSPS) is 11.5. The van der Waals surface area contributed by atoms with Gasteiger partial charge >= 0.3 is 0 Å². The third-order valence-electron chi connectivity index (χ3n) is 2.57. The Bertz CT molecular complexity index is 560. The molecule has 0 fully saturated rings. The van der Waals surface area contributed by atoms with Crippen molar-refractivity contribution in [3.8, 4) is 0 Å². The molecule has 2 aromatic heterocycles. The van der Waals surface area contributed by atoms with Crippen molar-refractivity contribution in [2.45, 2.75) is 6.54 Å². The first-order chi connectivity index (χ1) is 8.74. The largest absolute Gasteiger partial charge is 0.395 e. The van der Waals surface area contributed by atoms with Gasteiger partial charge in [0.15, 0.2) is 4.96 Å². The highest BCUT2D eigenvalue weighted by molar-refractivity contribution is 7.15. The molecule has 0 saturated carbocycles. The fourth-order valence-electron chi connectivity index (χ4n) is 1.75. The van der Waals surface area contributed by atoms with Crippen LogP contribution in [0.5, 0.6) is 0 Å². The SMILES string of the molecule is O=c1cc(CN(CCO)CCO)nc2sccn12. The molecule has 0 amide bonds. The summed E-state index contributed by atoms with van der Waals surface area (Å²) in [5.74, 6) is 0. The van der Waals surface area contributed by atoms with Gasteiger partial charge in [0.25, 0.3) is 5.56 Å². The van der Waals surface area contributed by atoms with Crippen molar-refractivity contribution >= 4 is 16.3 Å². The quantitative estimate of drug-likeness (QED) is 0.742. The molecule has 2 heterocycles. The minimum absolute atomic E-state index is 0.0141. The maximum Gasteiger partial charge on any atom is 0.258 e. The molecule has 2 N–H and O–H groups in total. The fourth-order valence-corrected chi connectivity index (χ4v) is 2.49. The van der Waals surface area contributed by atoms with E-state index in [1.54, 1.807) is 6.20 Å². The van der Waals surface area contributed by atoms with E-state index in [1.165, 1.54) is 21.8 Å². The third kappa shape index (κ3) is 2.94. The lowest BCUT2D eigenvalue weighted by molar-refractivity contribution is 0.154. The highest BCUT2D eigenvalue weighted by Crippen LogP contribution is 2.08. The maximum absolute atomic E-state index is 11.8. The van der Waals surface area contributed by atoms with Gasteiger partial charge < -0.3 is 10.2 Å². The van der Waals surface area contributed by atoms with Crippen molar-refractivity contribution in [2.24, 2.45) is 0 Å². The molecule has 0 aromatic carbocycles. The van der Waals surface area contributed by atoms with Crippen molar-refractivity contribution in [2.75, 3.05) is 26.3 Å². The van der Waals surface area contributed by atoms with Crippen LogP contribution in [-0.4, -0.2) is 50.8 Å². The van der Waals surface area contributed by atoms with Crippen LogP contribution in [0.4, 0.5) is 0 Å². The van der Waals surface area contributed by atoms with Gasteiger partial charge in [-0.05, 0) is 0 Å². The number of aliphatic hydroxyl groups is 2. The smallest absolute Gasteiger partial charge is 0.258 e. The topological polar surface area (TPSA) is 78.1 Å². The first-order valence-corrected chi connectivity index (χ1v) is 6.52. The van der Waals surface area contributed by atoms with Crippen molar-refractivity contribution in [1.29, 1.82) is 0 Å². The number of aromatic nitrogens is 2. The molecule has 0 aliphatic heterocycles. The summed E-state index contributed by atoms with van der Waals surface area (Å²) in [6.45, 7) is 1.38. The van der Waals surface area contributed by atoms with E-state index in [1.807, 2.05) is 10.3 Å². The lowest BCUT2D eigenvalue weighted by atomic mass is 10.3. The summed E-state index contributed by atoms with van der Waals surface area (Å²) in [6, 6.07) is 1.49. The molecular formula is C11H15N3O3S. The van der Waals surface area contributed by atoms with Gasteiger partial charge in [-0.2, -0.15) is 0 Å². The number of aliphatic hydroxyl groups excluding tert-OH is 2. The van der Waals surface area contributed by atoms with Crippen molar-refractivity contribution in [3.05, 3.63) is 33.7 Å². The van der Waals surface area contributed by atoms with Gasteiger partial charge in [0.2, 0.25) is 0 Å². The zero-order valence-electron chi connectivity index (χ0n) is 9.82. The lowest BCUT2D eigenvalue weighted by Gasteiger charge is -2.19. The zero-order valence-corrected chi connectivity index (χ0v) is 10.6. The fraction of sp³-hybridized carbons (Fsp3) is 0.455. The van der Waals surface area contributed by atoms with E-state index in [2.05, 4.69) is 4.98 Å². The minimum Gasteiger partial charge on any atom is -0.395 e. The molecule has 0 saturated heterocycles. The van der Waals surface area contributed by atoms with Crippen molar-refractivity contribution in [1.82, 2.24) is 14.3 Å². The Labute approximate surface area is 108 Å². The molecule has 2 rings (SSSR count). The Morgan fingerprint density at radius 2 is 2.06 bits per heavy atom. The van der Waals surface area contributed by atoms with Gasteiger partial charge in [0, 0.05) is 37.3 Å². The molecule has 0 radical (unpaired) electrons. The zero-order chi connectivity index (χ0) is 13.0. The van der Waals surface area contributed by atoms with E-state index in [4.69, 9.17) is 10.2 Å². The number of hydrogen-bond acceptors (Lipinski definition) is 6. The molecule has 0 aliphatic carbocycles. The maximum atomic E-state index is 11.8. The molecule has 0 unspecified atom stereocenters. The Kier molecular flexibility index (Phi) is 4.43. The summed E-state index contributed by atoms with van der Waals surface area (Å²) < 4.78 is 1.50. The second kappa shape index (κ2) is 6.05. The Hall–Kier alpha value is -1.28. The molecule has 7 heteroatoms. The van der Waals surface area contributed by atoms with E-state index < -0.39 is 0 Å². The van der Waals surface area contributed by atoms with Crippen LogP contribution in [0.2, 0.25) is 0 Å². The highest BCUT2D eigenvalue weighted by Gasteiger charge is 2.08. The number of thiazole rings is 1. The van der Waals surface area contributed by atoms with E-state index >= 15 is 0 Å². The Morgan fingerprint density at radius 1 is 1.33 bits per heavy atom. The van der Waals surface area contributed by atoms with Gasteiger partial charge in [-0.15, -0.1) is 11.3 Å². The third-order valence-corrected chi connectivity index (χ3v) is 3.33. The van der Waals surface area contributed by atoms with Gasteiger partial charge in [-0.3, -0.25) is 14.1 Å². The number of fused-ring (bicyclic) bond motifs is 1. The van der Waals surface area contributed by atoms with Gasteiger partial charge in [-0.25, -0.2) is 4.98 Å². The van der Waals surface area contributed by atoms with Crippen LogP contribution in [-0.2, 0) is 6.54 Å². The van der Waals surface area contributed by atoms with Gasteiger partial charge in [-0.1, -0.05) is 0 Å². The molecule has 0 spiro atoms. The van der Waals surface area contributed by atoms with E-state index in [-0.39, 0.29) is 18.8 Å². The summed E-state index contributed by atoms with van der Waals surface area (Å²) in [5.41, 5.74) is 0.550. The van der Waals surface area contributed by atoms with E-state index in [0.29, 0.717) is 30.3 Å². The van der Waals surface area contributed by atoms with E-state index in [0.717, 1.165) is 0 Å². The van der Waals surface area contributed by atoms with E-state index in [9.17, 15) is 4.79 Å². The second-order valence-electron chi connectivity index (χ2n) is 3.86. The lowest BCUT2D eigenvalue weighted by Crippen LogP contribution is -2.30. The van der Waals surface area contributed by atoms with Gasteiger partial charge in [0.1, 0.15) is 0 Å². The molecule has 18 heavy (non-hydrogen) atoms. The van der Waals surface area contributed by atoms with Crippen molar-refractivity contribution < 1.29 is 10.2 Å². The molecule has 6 nitrogen and oxygen atoms in total. The van der Waals surface area contributed by atoms with Crippen LogP contribution in [0.25, 0.3) is 4.96 Å². The predicted molar refractivity (Wildman–Crippen MR) is 68.8 cm³/mol. The van der Waals surface area contributed by atoms with Crippen molar-refractivity contribution in [3.63, 3.8) is 0 Å². The first kappa shape index (κ1) is 13.2.